The average molecular weight is 539 g/mol. The number of carbonyl (C=O) groups excluding carboxylic acids is 1. The third kappa shape index (κ3) is 4.37. The third-order valence-corrected chi connectivity index (χ3v) is 7.24. The van der Waals surface area contributed by atoms with Gasteiger partial charge in [0.1, 0.15) is 27.7 Å². The summed E-state index contributed by atoms with van der Waals surface area (Å²) in [5.41, 5.74) is -1.98. The van der Waals surface area contributed by atoms with Gasteiger partial charge < -0.3 is 9.64 Å². The zero-order chi connectivity index (χ0) is 26.4. The predicted octanol–water partition coefficient (Wildman–Crippen LogP) is 4.38. The van der Waals surface area contributed by atoms with Crippen molar-refractivity contribution >= 4 is 38.2 Å². The molecule has 0 aliphatic carbocycles. The minimum absolute atomic E-state index is 0.00492. The van der Waals surface area contributed by atoms with Crippen molar-refractivity contribution in [1.29, 1.82) is 0 Å². The first-order chi connectivity index (χ1) is 17.0. The number of sulfone groups is 1. The average Bonchev–Trinajstić information content (AvgIpc) is 3.26. The summed E-state index contributed by atoms with van der Waals surface area (Å²) in [5, 5.41) is 6.37. The summed E-state index contributed by atoms with van der Waals surface area (Å²) in [4.78, 5) is 17.0. The molecule has 2 aromatic heterocycles. The van der Waals surface area contributed by atoms with Gasteiger partial charge in [-0.05, 0) is 18.2 Å². The van der Waals surface area contributed by atoms with E-state index in [1.165, 1.54) is 38.4 Å². The summed E-state index contributed by atoms with van der Waals surface area (Å²) >= 11 is 5.86. The van der Waals surface area contributed by atoms with E-state index >= 15 is 8.78 Å². The van der Waals surface area contributed by atoms with Gasteiger partial charge in [0, 0.05) is 36.8 Å². The van der Waals surface area contributed by atoms with Crippen LogP contribution in [-0.4, -0.2) is 55.6 Å². The smallest absolute Gasteiger partial charge is 0.271 e. The van der Waals surface area contributed by atoms with Gasteiger partial charge in [0.25, 0.3) is 5.91 Å². The highest BCUT2D eigenvalue weighted by molar-refractivity contribution is 7.90. The lowest BCUT2D eigenvalue weighted by Crippen LogP contribution is -2.22. The number of aromatic nitrogens is 3. The van der Waals surface area contributed by atoms with E-state index in [2.05, 4.69) is 15.2 Å². The molecule has 4 rings (SSSR count). The molecular weight excluding hydrogens is 521 g/mol. The van der Waals surface area contributed by atoms with Crippen molar-refractivity contribution in [3.8, 4) is 17.0 Å². The van der Waals surface area contributed by atoms with Crippen molar-refractivity contribution < 1.29 is 31.1 Å². The number of hydrogen-bond donors (Lipinski definition) is 1. The number of hydrogen-bond acceptors (Lipinski definition) is 6. The van der Waals surface area contributed by atoms with Gasteiger partial charge in [-0.15, -0.1) is 0 Å². The number of ether oxygens (including phenoxy) is 1. The minimum Gasteiger partial charge on any atom is -0.480 e. The Balaban J connectivity index is 1.82. The van der Waals surface area contributed by atoms with Gasteiger partial charge >= 0.3 is 0 Å². The van der Waals surface area contributed by atoms with Crippen LogP contribution in [0.25, 0.3) is 22.0 Å². The van der Waals surface area contributed by atoms with Crippen molar-refractivity contribution in [3.63, 3.8) is 0 Å². The Morgan fingerprint density at radius 3 is 2.53 bits per heavy atom. The molecule has 1 N–H and O–H groups in total. The first kappa shape index (κ1) is 25.5. The molecular formula is C23H18ClF3N4O4S. The molecule has 0 aliphatic heterocycles. The second kappa shape index (κ2) is 9.43. The SMILES string of the molecule is COc1ncc(Cl)cc1S(=O)(=O)Cc1ccc(F)c(-c2ccc3c(C(=O)N(C)C)[nH]nc3c2F)c1F. The van der Waals surface area contributed by atoms with E-state index in [9.17, 15) is 17.6 Å². The van der Waals surface area contributed by atoms with Crippen LogP contribution in [0.2, 0.25) is 5.02 Å². The van der Waals surface area contributed by atoms with Crippen LogP contribution < -0.4 is 4.74 Å². The Hall–Kier alpha value is -3.64. The Labute approximate surface area is 208 Å². The molecule has 0 fully saturated rings. The number of amides is 1. The Kier molecular flexibility index (Phi) is 6.67. The van der Waals surface area contributed by atoms with E-state index in [0.717, 1.165) is 24.3 Å². The maximum atomic E-state index is 15.5. The van der Waals surface area contributed by atoms with Gasteiger partial charge in [-0.2, -0.15) is 5.10 Å². The highest BCUT2D eigenvalue weighted by atomic mass is 35.5. The monoisotopic (exact) mass is 538 g/mol. The van der Waals surface area contributed by atoms with E-state index in [1.54, 1.807) is 0 Å². The summed E-state index contributed by atoms with van der Waals surface area (Å²) in [6, 6.07) is 5.30. The molecule has 2 aromatic carbocycles. The standard InChI is InChI=1S/C23H18ClF3N4O4S/c1-31(2)23(32)21-14-6-5-13(19(27)20(14)29-30-21)17-15(25)7-4-11(18(17)26)10-36(33,34)16-8-12(24)9-28-22(16)35-3/h4-9H,10H2,1-3H3,(H,29,30). The molecule has 0 saturated carbocycles. The van der Waals surface area contributed by atoms with Gasteiger partial charge in [-0.3, -0.25) is 9.89 Å². The number of rotatable bonds is 6. The molecule has 188 valence electrons. The molecule has 13 heteroatoms. The molecule has 0 atom stereocenters. The van der Waals surface area contributed by atoms with E-state index in [-0.39, 0.29) is 32.4 Å². The molecule has 2 heterocycles. The zero-order valence-corrected chi connectivity index (χ0v) is 20.6. The van der Waals surface area contributed by atoms with Crippen LogP contribution in [0.15, 0.2) is 41.4 Å². The van der Waals surface area contributed by atoms with Crippen LogP contribution in [0.5, 0.6) is 5.88 Å². The number of benzene rings is 2. The highest BCUT2D eigenvalue weighted by Crippen LogP contribution is 2.35. The number of nitrogens with zero attached hydrogens (tertiary/aromatic N) is 3. The topological polar surface area (TPSA) is 105 Å². The summed E-state index contributed by atoms with van der Waals surface area (Å²) in [6.07, 6.45) is 1.18. The zero-order valence-electron chi connectivity index (χ0n) is 19.1. The molecule has 4 aromatic rings. The van der Waals surface area contributed by atoms with Gasteiger partial charge in [-0.25, -0.2) is 26.6 Å². The van der Waals surface area contributed by atoms with E-state index < -0.39 is 55.6 Å². The van der Waals surface area contributed by atoms with Crippen LogP contribution >= 0.6 is 11.6 Å². The lowest BCUT2D eigenvalue weighted by Gasteiger charge is -2.13. The normalized spacial score (nSPS) is 11.6. The van der Waals surface area contributed by atoms with E-state index in [0.29, 0.717) is 0 Å². The fourth-order valence-electron chi connectivity index (χ4n) is 3.65. The summed E-state index contributed by atoms with van der Waals surface area (Å²) in [6.45, 7) is 0. The summed E-state index contributed by atoms with van der Waals surface area (Å²) in [5.74, 6) is -5.10. The van der Waals surface area contributed by atoms with Crippen molar-refractivity contribution in [2.75, 3.05) is 21.2 Å². The van der Waals surface area contributed by atoms with Crippen LogP contribution in [0.3, 0.4) is 0 Å². The minimum atomic E-state index is -4.26. The number of methoxy groups -OCH3 is 1. The Bertz CT molecular complexity index is 1620. The number of H-pyrrole nitrogens is 1. The molecule has 0 saturated heterocycles. The Morgan fingerprint density at radius 1 is 1.14 bits per heavy atom. The molecule has 0 spiro atoms. The van der Waals surface area contributed by atoms with Gasteiger partial charge in [0.15, 0.2) is 15.7 Å². The molecule has 0 unspecified atom stereocenters. The fourth-order valence-corrected chi connectivity index (χ4v) is 5.37. The van der Waals surface area contributed by atoms with E-state index in [4.69, 9.17) is 16.3 Å². The molecule has 0 radical (unpaired) electrons. The number of nitrogens with one attached hydrogen (secondary N) is 1. The first-order valence-electron chi connectivity index (χ1n) is 10.2. The number of pyridine rings is 1. The molecule has 0 bridgehead atoms. The van der Waals surface area contributed by atoms with E-state index in [1.807, 2.05) is 0 Å². The number of fused-ring (bicyclic) bond motifs is 1. The number of carbonyl (C=O) groups is 1. The fraction of sp³-hybridized carbons (Fsp3) is 0.174. The predicted molar refractivity (Wildman–Crippen MR) is 126 cm³/mol. The lowest BCUT2D eigenvalue weighted by molar-refractivity contribution is 0.0823. The lowest BCUT2D eigenvalue weighted by atomic mass is 9.99. The summed E-state index contributed by atoms with van der Waals surface area (Å²) < 4.78 is 76.7. The first-order valence-corrected chi connectivity index (χ1v) is 12.3. The maximum absolute atomic E-state index is 15.5. The second-order valence-corrected chi connectivity index (χ2v) is 10.3. The molecule has 1 amide bonds. The van der Waals surface area contributed by atoms with Crippen molar-refractivity contribution in [2.24, 2.45) is 0 Å². The van der Waals surface area contributed by atoms with Gasteiger partial charge in [0.05, 0.1) is 23.4 Å². The van der Waals surface area contributed by atoms with Crippen LogP contribution in [0, 0.1) is 17.5 Å². The highest BCUT2D eigenvalue weighted by Gasteiger charge is 2.27. The second-order valence-electron chi connectivity index (χ2n) is 7.94. The van der Waals surface area contributed by atoms with Crippen LogP contribution in [0.1, 0.15) is 16.1 Å². The largest absolute Gasteiger partial charge is 0.480 e. The third-order valence-electron chi connectivity index (χ3n) is 5.38. The van der Waals surface area contributed by atoms with Crippen molar-refractivity contribution in [3.05, 3.63) is 70.3 Å². The Morgan fingerprint density at radius 2 is 1.86 bits per heavy atom. The van der Waals surface area contributed by atoms with Crippen LogP contribution in [-0.2, 0) is 15.6 Å². The number of aromatic amines is 1. The van der Waals surface area contributed by atoms with Gasteiger partial charge in [0.2, 0.25) is 5.88 Å². The quantitative estimate of drug-likeness (QED) is 0.390. The summed E-state index contributed by atoms with van der Waals surface area (Å²) in [7, 11) is -0.0558. The molecule has 36 heavy (non-hydrogen) atoms. The van der Waals surface area contributed by atoms with Crippen molar-refractivity contribution in [1.82, 2.24) is 20.1 Å². The maximum Gasteiger partial charge on any atom is 0.271 e. The van der Waals surface area contributed by atoms with Crippen molar-refractivity contribution in [2.45, 2.75) is 10.6 Å². The molecule has 8 nitrogen and oxygen atoms in total. The molecule has 0 aliphatic rings. The number of halogens is 4. The van der Waals surface area contributed by atoms with Gasteiger partial charge in [-0.1, -0.05) is 23.7 Å². The van der Waals surface area contributed by atoms with Crippen LogP contribution in [0.4, 0.5) is 13.2 Å².